The second-order valence-electron chi connectivity index (χ2n) is 3.46. The minimum Gasteiger partial charge on any atom is -0.367 e. The van der Waals surface area contributed by atoms with Gasteiger partial charge in [-0.05, 0) is 20.5 Å². The van der Waals surface area contributed by atoms with Gasteiger partial charge >= 0.3 is 0 Å². The van der Waals surface area contributed by atoms with Gasteiger partial charge in [-0.1, -0.05) is 18.5 Å². The third-order valence-corrected chi connectivity index (χ3v) is 1.87. The van der Waals surface area contributed by atoms with Crippen LogP contribution in [0.1, 0.15) is 24.6 Å². The number of aromatic nitrogens is 1. The molecule has 1 rings (SSSR count). The molecule has 4 nitrogen and oxygen atoms in total. The molecule has 0 aliphatic carbocycles. The van der Waals surface area contributed by atoms with E-state index < -0.39 is 0 Å². The number of nitrogen functional groups attached to an aromatic ring is 1. The third kappa shape index (κ3) is 2.45. The normalized spacial score (nSPS) is 11.1. The van der Waals surface area contributed by atoms with Crippen molar-refractivity contribution < 1.29 is 4.52 Å². The summed E-state index contributed by atoms with van der Waals surface area (Å²) >= 11 is 0. The van der Waals surface area contributed by atoms with Crippen LogP contribution < -0.4 is 5.73 Å². The van der Waals surface area contributed by atoms with Gasteiger partial charge in [0.2, 0.25) is 5.88 Å². The average Bonchev–Trinajstić information content (AvgIpc) is 2.35. The Morgan fingerprint density at radius 3 is 2.69 bits per heavy atom. The molecule has 0 spiro atoms. The topological polar surface area (TPSA) is 55.3 Å². The summed E-state index contributed by atoms with van der Waals surface area (Å²) < 4.78 is 4.95. The van der Waals surface area contributed by atoms with Crippen molar-refractivity contribution in [3.63, 3.8) is 0 Å². The van der Waals surface area contributed by atoms with Crippen LogP contribution in [0.2, 0.25) is 0 Å². The molecule has 2 N–H and O–H groups in total. The Morgan fingerprint density at radius 1 is 1.46 bits per heavy atom. The summed E-state index contributed by atoms with van der Waals surface area (Å²) in [5.74, 6) is 0.471. The molecule has 1 aromatic heterocycles. The fourth-order valence-electron chi connectivity index (χ4n) is 1.30. The molecule has 1 aromatic rings. The molecule has 0 aliphatic rings. The molecular formula is C9H17N3O. The summed E-state index contributed by atoms with van der Waals surface area (Å²) in [6.07, 6.45) is 2.00. The van der Waals surface area contributed by atoms with E-state index in [1.165, 1.54) is 0 Å². The summed E-state index contributed by atoms with van der Waals surface area (Å²) in [5, 5.41) is 3.93. The van der Waals surface area contributed by atoms with Crippen LogP contribution in [-0.2, 0) is 13.0 Å². The van der Waals surface area contributed by atoms with E-state index in [1.807, 2.05) is 14.1 Å². The van der Waals surface area contributed by atoms with Crippen LogP contribution in [-0.4, -0.2) is 24.2 Å². The molecule has 0 bridgehead atoms. The maximum Gasteiger partial charge on any atom is 0.225 e. The predicted octanol–water partition coefficient (Wildman–Crippen LogP) is 1.27. The number of hydrogen-bond donors (Lipinski definition) is 1. The fourth-order valence-corrected chi connectivity index (χ4v) is 1.30. The first-order valence-corrected chi connectivity index (χ1v) is 4.52. The quantitative estimate of drug-likeness (QED) is 0.763. The Bertz CT molecular complexity index is 268. The first-order chi connectivity index (χ1) is 6.15. The summed E-state index contributed by atoms with van der Waals surface area (Å²) in [5.41, 5.74) is 7.68. The molecular weight excluding hydrogens is 166 g/mol. The molecule has 4 heteroatoms. The highest BCUT2D eigenvalue weighted by atomic mass is 16.5. The van der Waals surface area contributed by atoms with Crippen LogP contribution in [0.3, 0.4) is 0 Å². The minimum absolute atomic E-state index is 0.471. The van der Waals surface area contributed by atoms with E-state index in [9.17, 15) is 0 Å². The molecule has 1 heterocycles. The van der Waals surface area contributed by atoms with Crippen LogP contribution in [0, 0.1) is 0 Å². The minimum atomic E-state index is 0.471. The van der Waals surface area contributed by atoms with E-state index in [0.717, 1.165) is 30.6 Å². The van der Waals surface area contributed by atoms with Crippen molar-refractivity contribution in [2.75, 3.05) is 19.8 Å². The summed E-state index contributed by atoms with van der Waals surface area (Å²) in [6, 6.07) is 0. The van der Waals surface area contributed by atoms with Gasteiger partial charge in [0, 0.05) is 12.1 Å². The lowest BCUT2D eigenvalue weighted by atomic mass is 10.1. The average molecular weight is 183 g/mol. The second kappa shape index (κ2) is 4.28. The first-order valence-electron chi connectivity index (χ1n) is 4.52. The van der Waals surface area contributed by atoms with Crippen LogP contribution in [0.5, 0.6) is 0 Å². The molecule has 74 valence electrons. The highest BCUT2D eigenvalue weighted by molar-refractivity contribution is 5.38. The molecule has 0 saturated heterocycles. The zero-order valence-corrected chi connectivity index (χ0v) is 8.50. The maximum atomic E-state index is 5.66. The number of rotatable bonds is 4. The van der Waals surface area contributed by atoms with Gasteiger partial charge in [-0.3, -0.25) is 0 Å². The van der Waals surface area contributed by atoms with Crippen molar-refractivity contribution in [1.82, 2.24) is 10.1 Å². The van der Waals surface area contributed by atoms with Gasteiger partial charge < -0.3 is 15.2 Å². The molecule has 0 radical (unpaired) electrons. The van der Waals surface area contributed by atoms with Gasteiger partial charge in [-0.15, -0.1) is 0 Å². The SMILES string of the molecule is CCCc1c(CN(C)C)noc1N. The number of anilines is 1. The van der Waals surface area contributed by atoms with Crippen LogP contribution in [0.15, 0.2) is 4.52 Å². The molecule has 0 aliphatic heterocycles. The van der Waals surface area contributed by atoms with E-state index in [4.69, 9.17) is 10.3 Å². The molecule has 0 unspecified atom stereocenters. The van der Waals surface area contributed by atoms with Crippen molar-refractivity contribution in [2.45, 2.75) is 26.3 Å². The van der Waals surface area contributed by atoms with Crippen molar-refractivity contribution in [2.24, 2.45) is 0 Å². The predicted molar refractivity (Wildman–Crippen MR) is 52.3 cm³/mol. The zero-order chi connectivity index (χ0) is 9.84. The molecule has 0 saturated carbocycles. The Balaban J connectivity index is 2.80. The molecule has 13 heavy (non-hydrogen) atoms. The number of nitrogens with zero attached hydrogens (tertiary/aromatic N) is 2. The number of nitrogens with two attached hydrogens (primary N) is 1. The van der Waals surface area contributed by atoms with E-state index in [-0.39, 0.29) is 0 Å². The Kier molecular flexibility index (Phi) is 3.31. The summed E-state index contributed by atoms with van der Waals surface area (Å²) in [4.78, 5) is 2.05. The van der Waals surface area contributed by atoms with Crippen molar-refractivity contribution in [1.29, 1.82) is 0 Å². The van der Waals surface area contributed by atoms with E-state index in [1.54, 1.807) is 0 Å². The van der Waals surface area contributed by atoms with Crippen LogP contribution in [0.25, 0.3) is 0 Å². The van der Waals surface area contributed by atoms with Gasteiger partial charge in [-0.2, -0.15) is 0 Å². The molecule has 0 amide bonds. The largest absolute Gasteiger partial charge is 0.367 e. The standard InChI is InChI=1S/C9H17N3O/c1-4-5-7-8(6-12(2)3)11-13-9(7)10/h4-6,10H2,1-3H3. The Morgan fingerprint density at radius 2 is 2.15 bits per heavy atom. The second-order valence-corrected chi connectivity index (χ2v) is 3.46. The van der Waals surface area contributed by atoms with Crippen molar-refractivity contribution in [3.05, 3.63) is 11.3 Å². The lowest BCUT2D eigenvalue weighted by Gasteiger charge is -2.07. The van der Waals surface area contributed by atoms with Gasteiger partial charge in [0.25, 0.3) is 0 Å². The van der Waals surface area contributed by atoms with Gasteiger partial charge in [0.1, 0.15) is 5.69 Å². The lowest BCUT2D eigenvalue weighted by Crippen LogP contribution is -2.12. The summed E-state index contributed by atoms with van der Waals surface area (Å²) in [7, 11) is 4.00. The van der Waals surface area contributed by atoms with Crippen LogP contribution >= 0.6 is 0 Å². The number of hydrogen-bond acceptors (Lipinski definition) is 4. The third-order valence-electron chi connectivity index (χ3n) is 1.87. The van der Waals surface area contributed by atoms with E-state index >= 15 is 0 Å². The smallest absolute Gasteiger partial charge is 0.225 e. The summed E-state index contributed by atoms with van der Waals surface area (Å²) in [6.45, 7) is 2.90. The zero-order valence-electron chi connectivity index (χ0n) is 8.50. The van der Waals surface area contributed by atoms with E-state index in [2.05, 4.69) is 17.0 Å². The maximum absolute atomic E-state index is 5.66. The van der Waals surface area contributed by atoms with Crippen molar-refractivity contribution in [3.8, 4) is 0 Å². The Hall–Kier alpha value is -1.03. The molecule has 0 atom stereocenters. The van der Waals surface area contributed by atoms with E-state index in [0.29, 0.717) is 5.88 Å². The highest BCUT2D eigenvalue weighted by Crippen LogP contribution is 2.18. The van der Waals surface area contributed by atoms with Crippen LogP contribution in [0.4, 0.5) is 5.88 Å². The van der Waals surface area contributed by atoms with Gasteiger partial charge in [-0.25, -0.2) is 0 Å². The van der Waals surface area contributed by atoms with Gasteiger partial charge in [0.15, 0.2) is 0 Å². The Labute approximate surface area is 78.7 Å². The highest BCUT2D eigenvalue weighted by Gasteiger charge is 2.12. The monoisotopic (exact) mass is 183 g/mol. The first kappa shape index (κ1) is 10.1. The molecule has 0 aromatic carbocycles. The van der Waals surface area contributed by atoms with Crippen molar-refractivity contribution >= 4 is 5.88 Å². The fraction of sp³-hybridized carbons (Fsp3) is 0.667. The lowest BCUT2D eigenvalue weighted by molar-refractivity contribution is 0.367. The van der Waals surface area contributed by atoms with Gasteiger partial charge in [0.05, 0.1) is 0 Å². The molecule has 0 fully saturated rings.